The van der Waals surface area contributed by atoms with Crippen LogP contribution in [0.2, 0.25) is 0 Å². The van der Waals surface area contributed by atoms with Crippen molar-refractivity contribution in [2.24, 2.45) is 0 Å². The van der Waals surface area contributed by atoms with Crippen LogP contribution in [-0.2, 0) is 6.42 Å². The van der Waals surface area contributed by atoms with Crippen LogP contribution in [0.4, 0.5) is 5.69 Å². The number of carbonyl (C=O) groups excluding carboxylic acids is 1. The minimum Gasteiger partial charge on any atom is -0.382 e. The van der Waals surface area contributed by atoms with Crippen LogP contribution in [0.1, 0.15) is 49.5 Å². The normalized spacial score (nSPS) is 18.8. The molecule has 1 aliphatic heterocycles. The number of nitrogens with zero attached hydrogens (tertiary/aromatic N) is 1. The highest BCUT2D eigenvalue weighted by atomic mass is 16.1. The molecule has 2 rings (SSSR count). The SMILES string of the molecule is CCCCN(C)C(C)C(=O)c1ccc2c(c1)CC(C)N2. The van der Waals surface area contributed by atoms with Gasteiger partial charge in [0.25, 0.3) is 0 Å². The van der Waals surface area contributed by atoms with Gasteiger partial charge in [0.2, 0.25) is 0 Å². The molecule has 0 fully saturated rings. The Bertz CT molecular complexity index is 484. The summed E-state index contributed by atoms with van der Waals surface area (Å²) in [6, 6.07) is 6.49. The van der Waals surface area contributed by atoms with Gasteiger partial charge in [0.1, 0.15) is 0 Å². The average Bonchev–Trinajstić information content (AvgIpc) is 2.81. The van der Waals surface area contributed by atoms with E-state index in [-0.39, 0.29) is 11.8 Å². The molecule has 1 aromatic carbocycles. The van der Waals surface area contributed by atoms with Crippen LogP contribution in [0.5, 0.6) is 0 Å². The molecule has 0 amide bonds. The Balaban J connectivity index is 2.08. The third kappa shape index (κ3) is 3.21. The number of fused-ring (bicyclic) bond motifs is 1. The summed E-state index contributed by atoms with van der Waals surface area (Å²) >= 11 is 0. The molecule has 0 bridgehead atoms. The molecule has 1 heterocycles. The van der Waals surface area contributed by atoms with Gasteiger partial charge in [-0.3, -0.25) is 9.69 Å². The highest BCUT2D eigenvalue weighted by Crippen LogP contribution is 2.27. The van der Waals surface area contributed by atoms with Crippen molar-refractivity contribution in [3.05, 3.63) is 29.3 Å². The molecule has 0 radical (unpaired) electrons. The van der Waals surface area contributed by atoms with Crippen molar-refractivity contribution in [2.45, 2.75) is 52.1 Å². The second kappa shape index (κ2) is 6.40. The molecule has 20 heavy (non-hydrogen) atoms. The van der Waals surface area contributed by atoms with Crippen LogP contribution in [-0.4, -0.2) is 36.4 Å². The van der Waals surface area contributed by atoms with Gasteiger partial charge in [-0.1, -0.05) is 13.3 Å². The van der Waals surface area contributed by atoms with E-state index in [1.807, 2.05) is 26.1 Å². The fraction of sp³-hybridized carbons (Fsp3) is 0.588. The number of Topliss-reactive ketones (excluding diaryl/α,β-unsaturated/α-hetero) is 1. The molecule has 0 saturated carbocycles. The molecule has 110 valence electrons. The lowest BCUT2D eigenvalue weighted by atomic mass is 10.00. The van der Waals surface area contributed by atoms with Crippen molar-refractivity contribution >= 4 is 11.5 Å². The van der Waals surface area contributed by atoms with Gasteiger partial charge in [0, 0.05) is 17.3 Å². The first-order chi connectivity index (χ1) is 9.52. The topological polar surface area (TPSA) is 32.3 Å². The van der Waals surface area contributed by atoms with E-state index >= 15 is 0 Å². The lowest BCUT2D eigenvalue weighted by Crippen LogP contribution is -2.36. The summed E-state index contributed by atoms with van der Waals surface area (Å²) < 4.78 is 0. The number of benzene rings is 1. The van der Waals surface area contributed by atoms with Crippen molar-refractivity contribution in [3.8, 4) is 0 Å². The smallest absolute Gasteiger partial charge is 0.179 e. The molecule has 2 unspecified atom stereocenters. The minimum absolute atomic E-state index is 0.0496. The maximum atomic E-state index is 12.6. The highest BCUT2D eigenvalue weighted by Gasteiger charge is 2.22. The maximum Gasteiger partial charge on any atom is 0.179 e. The minimum atomic E-state index is -0.0496. The van der Waals surface area contributed by atoms with Gasteiger partial charge in [-0.2, -0.15) is 0 Å². The number of nitrogens with one attached hydrogen (secondary N) is 1. The predicted octanol–water partition coefficient (Wildman–Crippen LogP) is 3.35. The van der Waals surface area contributed by atoms with Gasteiger partial charge in [0.05, 0.1) is 6.04 Å². The lowest BCUT2D eigenvalue weighted by Gasteiger charge is -2.23. The van der Waals surface area contributed by atoms with E-state index in [9.17, 15) is 4.79 Å². The third-order valence-corrected chi connectivity index (χ3v) is 4.22. The van der Waals surface area contributed by atoms with Gasteiger partial charge in [-0.15, -0.1) is 0 Å². The Hall–Kier alpha value is -1.35. The van der Waals surface area contributed by atoms with Crippen molar-refractivity contribution in [2.75, 3.05) is 18.9 Å². The van der Waals surface area contributed by atoms with Gasteiger partial charge in [-0.25, -0.2) is 0 Å². The van der Waals surface area contributed by atoms with Gasteiger partial charge >= 0.3 is 0 Å². The zero-order valence-corrected chi connectivity index (χ0v) is 13.1. The number of hydrogen-bond donors (Lipinski definition) is 1. The molecule has 1 aromatic rings. The van der Waals surface area contributed by atoms with Gasteiger partial charge in [-0.05, 0) is 64.0 Å². The molecule has 2 atom stereocenters. The van der Waals surface area contributed by atoms with Crippen molar-refractivity contribution in [1.82, 2.24) is 4.90 Å². The van der Waals surface area contributed by atoms with E-state index in [0.717, 1.165) is 31.4 Å². The monoisotopic (exact) mass is 274 g/mol. The van der Waals surface area contributed by atoms with E-state index in [1.165, 1.54) is 11.3 Å². The van der Waals surface area contributed by atoms with Crippen LogP contribution in [0.25, 0.3) is 0 Å². The molecule has 3 heteroatoms. The first-order valence-electron chi connectivity index (χ1n) is 7.66. The predicted molar refractivity (Wildman–Crippen MR) is 84.6 cm³/mol. The fourth-order valence-electron chi connectivity index (χ4n) is 2.75. The largest absolute Gasteiger partial charge is 0.382 e. The number of anilines is 1. The summed E-state index contributed by atoms with van der Waals surface area (Å²) in [7, 11) is 2.04. The number of ketones is 1. The standard InChI is InChI=1S/C17H26N2O/c1-5-6-9-19(4)13(3)17(20)14-7-8-16-15(11-14)10-12(2)18-16/h7-8,11-13,18H,5-6,9-10H2,1-4H3. The Morgan fingerprint density at radius 2 is 2.25 bits per heavy atom. The molecule has 1 N–H and O–H groups in total. The van der Waals surface area contributed by atoms with Crippen LogP contribution < -0.4 is 5.32 Å². The summed E-state index contributed by atoms with van der Waals surface area (Å²) in [5.74, 6) is 0.228. The zero-order valence-electron chi connectivity index (χ0n) is 13.1. The van der Waals surface area contributed by atoms with Crippen LogP contribution in [0.15, 0.2) is 18.2 Å². The second-order valence-electron chi connectivity index (χ2n) is 6.00. The first kappa shape index (κ1) is 15.0. The lowest BCUT2D eigenvalue weighted by molar-refractivity contribution is 0.0867. The number of likely N-dealkylation sites (N-methyl/N-ethyl adjacent to an activating group) is 1. The van der Waals surface area contributed by atoms with Gasteiger partial charge in [0.15, 0.2) is 5.78 Å². The van der Waals surface area contributed by atoms with E-state index < -0.39 is 0 Å². The van der Waals surface area contributed by atoms with Crippen molar-refractivity contribution < 1.29 is 4.79 Å². The summed E-state index contributed by atoms with van der Waals surface area (Å²) in [6.07, 6.45) is 3.31. The van der Waals surface area contributed by atoms with Crippen LogP contribution >= 0.6 is 0 Å². The molecule has 0 saturated heterocycles. The van der Waals surface area contributed by atoms with Crippen LogP contribution in [0, 0.1) is 0 Å². The molecule has 3 nitrogen and oxygen atoms in total. The number of carbonyl (C=O) groups is 1. The van der Waals surface area contributed by atoms with E-state index in [2.05, 4.69) is 30.1 Å². The maximum absolute atomic E-state index is 12.6. The molecule has 0 aromatic heterocycles. The average molecular weight is 274 g/mol. The van der Waals surface area contributed by atoms with E-state index in [1.54, 1.807) is 0 Å². The van der Waals surface area contributed by atoms with E-state index in [0.29, 0.717) is 6.04 Å². The number of hydrogen-bond acceptors (Lipinski definition) is 3. The van der Waals surface area contributed by atoms with E-state index in [4.69, 9.17) is 0 Å². The van der Waals surface area contributed by atoms with Gasteiger partial charge < -0.3 is 5.32 Å². The second-order valence-corrected chi connectivity index (χ2v) is 6.00. The summed E-state index contributed by atoms with van der Waals surface area (Å²) in [5.41, 5.74) is 3.29. The summed E-state index contributed by atoms with van der Waals surface area (Å²) in [5, 5.41) is 3.42. The Morgan fingerprint density at radius 1 is 1.50 bits per heavy atom. The highest BCUT2D eigenvalue weighted by molar-refractivity contribution is 6.00. The molecular weight excluding hydrogens is 248 g/mol. The Morgan fingerprint density at radius 3 is 2.95 bits per heavy atom. The molecule has 1 aliphatic rings. The Kier molecular flexibility index (Phi) is 4.81. The first-order valence-corrected chi connectivity index (χ1v) is 7.66. The number of rotatable bonds is 6. The zero-order chi connectivity index (χ0) is 14.7. The van der Waals surface area contributed by atoms with Crippen molar-refractivity contribution in [3.63, 3.8) is 0 Å². The Labute approximate surface area is 122 Å². The fourth-order valence-corrected chi connectivity index (χ4v) is 2.75. The molecule has 0 spiro atoms. The summed E-state index contributed by atoms with van der Waals surface area (Å²) in [4.78, 5) is 14.7. The third-order valence-electron chi connectivity index (χ3n) is 4.22. The quantitative estimate of drug-likeness (QED) is 0.807. The van der Waals surface area contributed by atoms with Crippen molar-refractivity contribution in [1.29, 1.82) is 0 Å². The number of unbranched alkanes of at least 4 members (excludes halogenated alkanes) is 1. The van der Waals surface area contributed by atoms with Crippen LogP contribution in [0.3, 0.4) is 0 Å². The summed E-state index contributed by atoms with van der Waals surface area (Å²) in [6.45, 7) is 7.33. The molecule has 0 aliphatic carbocycles. The molecular formula is C17H26N2O.